The van der Waals surface area contributed by atoms with E-state index < -0.39 is 0 Å². The van der Waals surface area contributed by atoms with Crippen LogP contribution in [0.5, 0.6) is 0 Å². The molecular weight excluding hydrogens is 174 g/mol. The Kier molecular flexibility index (Phi) is 2.25. The minimum atomic E-state index is -0.0347. The van der Waals surface area contributed by atoms with E-state index in [1.54, 1.807) is 0 Å². The lowest BCUT2D eigenvalue weighted by molar-refractivity contribution is 0.760. The molecule has 1 aromatic carbocycles. The zero-order valence-electron chi connectivity index (χ0n) is 8.54. The summed E-state index contributed by atoms with van der Waals surface area (Å²) in [4.78, 5) is 7.64. The molecule has 0 aliphatic carbocycles. The van der Waals surface area contributed by atoms with Gasteiger partial charge in [-0.25, -0.2) is 4.98 Å². The van der Waals surface area contributed by atoms with Crippen LogP contribution in [-0.2, 0) is 6.42 Å². The summed E-state index contributed by atoms with van der Waals surface area (Å²) in [6.45, 7) is 4.07. The summed E-state index contributed by atoms with van der Waals surface area (Å²) >= 11 is 0. The normalized spacial score (nSPS) is 13.4. The van der Waals surface area contributed by atoms with Crippen molar-refractivity contribution in [1.29, 1.82) is 0 Å². The highest BCUT2D eigenvalue weighted by molar-refractivity contribution is 5.75. The molecule has 3 nitrogen and oxygen atoms in total. The maximum absolute atomic E-state index is 5.75. The van der Waals surface area contributed by atoms with Crippen LogP contribution >= 0.6 is 0 Å². The van der Waals surface area contributed by atoms with Gasteiger partial charge in [0, 0.05) is 0 Å². The Labute approximate surface area is 83.3 Å². The molecule has 0 fully saturated rings. The van der Waals surface area contributed by atoms with Crippen molar-refractivity contribution in [2.24, 2.45) is 5.73 Å². The highest BCUT2D eigenvalue weighted by Crippen LogP contribution is 2.16. The topological polar surface area (TPSA) is 54.7 Å². The highest BCUT2D eigenvalue weighted by Gasteiger charge is 2.06. The molecule has 0 amide bonds. The number of rotatable bonds is 2. The Hall–Kier alpha value is -1.35. The molecule has 14 heavy (non-hydrogen) atoms. The van der Waals surface area contributed by atoms with Gasteiger partial charge < -0.3 is 10.7 Å². The molecule has 0 spiro atoms. The average molecular weight is 189 g/mol. The Bertz CT molecular complexity index is 443. The number of hydrogen-bond acceptors (Lipinski definition) is 2. The third-order valence-corrected chi connectivity index (χ3v) is 2.40. The second-order valence-corrected chi connectivity index (χ2v) is 3.62. The third kappa shape index (κ3) is 1.51. The molecule has 0 bridgehead atoms. The number of nitrogens with zero attached hydrogens (tertiary/aromatic N) is 1. The van der Waals surface area contributed by atoms with Gasteiger partial charge in [0.1, 0.15) is 5.82 Å². The fourth-order valence-electron chi connectivity index (χ4n) is 1.51. The molecule has 0 aliphatic rings. The standard InChI is InChI=1S/C11H15N3/c1-3-8-4-5-9-10(6-8)14-11(13-9)7(2)12/h4-7H,3,12H2,1-2H3,(H,13,14)/t7-/m0/s1. The summed E-state index contributed by atoms with van der Waals surface area (Å²) in [6, 6.07) is 6.24. The molecule has 0 saturated carbocycles. The van der Waals surface area contributed by atoms with E-state index in [1.165, 1.54) is 5.56 Å². The maximum atomic E-state index is 5.75. The highest BCUT2D eigenvalue weighted by atomic mass is 15.0. The first-order chi connectivity index (χ1) is 6.70. The summed E-state index contributed by atoms with van der Waals surface area (Å²) < 4.78 is 0. The Morgan fingerprint density at radius 2 is 2.29 bits per heavy atom. The summed E-state index contributed by atoms with van der Waals surface area (Å²) in [6.07, 6.45) is 1.04. The molecule has 1 atom stereocenters. The minimum Gasteiger partial charge on any atom is -0.341 e. The molecule has 1 aromatic heterocycles. The number of imidazole rings is 1. The maximum Gasteiger partial charge on any atom is 0.123 e. The van der Waals surface area contributed by atoms with Gasteiger partial charge >= 0.3 is 0 Å². The van der Waals surface area contributed by atoms with Crippen LogP contribution in [0, 0.1) is 0 Å². The number of H-pyrrole nitrogens is 1. The molecule has 0 saturated heterocycles. The first-order valence-corrected chi connectivity index (χ1v) is 4.95. The number of fused-ring (bicyclic) bond motifs is 1. The van der Waals surface area contributed by atoms with Crippen LogP contribution in [0.1, 0.15) is 31.3 Å². The van der Waals surface area contributed by atoms with Crippen molar-refractivity contribution in [2.75, 3.05) is 0 Å². The van der Waals surface area contributed by atoms with Crippen LogP contribution in [0.3, 0.4) is 0 Å². The zero-order valence-corrected chi connectivity index (χ0v) is 8.54. The monoisotopic (exact) mass is 189 g/mol. The van der Waals surface area contributed by atoms with Gasteiger partial charge in [-0.2, -0.15) is 0 Å². The van der Waals surface area contributed by atoms with Crippen molar-refractivity contribution in [3.8, 4) is 0 Å². The molecule has 2 rings (SSSR count). The van der Waals surface area contributed by atoms with Crippen molar-refractivity contribution in [3.05, 3.63) is 29.6 Å². The molecule has 3 N–H and O–H groups in total. The smallest absolute Gasteiger partial charge is 0.123 e. The fraction of sp³-hybridized carbons (Fsp3) is 0.364. The van der Waals surface area contributed by atoms with Crippen LogP contribution in [0.15, 0.2) is 18.2 Å². The van der Waals surface area contributed by atoms with Gasteiger partial charge in [-0.05, 0) is 31.0 Å². The van der Waals surface area contributed by atoms with Crippen molar-refractivity contribution < 1.29 is 0 Å². The van der Waals surface area contributed by atoms with E-state index in [1.807, 2.05) is 13.0 Å². The van der Waals surface area contributed by atoms with E-state index in [2.05, 4.69) is 29.0 Å². The Morgan fingerprint density at radius 3 is 2.93 bits per heavy atom. The number of aryl methyl sites for hydroxylation is 1. The van der Waals surface area contributed by atoms with Crippen LogP contribution < -0.4 is 5.73 Å². The van der Waals surface area contributed by atoms with Gasteiger partial charge in [-0.1, -0.05) is 13.0 Å². The predicted octanol–water partition coefficient (Wildman–Crippen LogP) is 2.14. The second kappa shape index (κ2) is 3.42. The molecule has 2 aromatic rings. The zero-order chi connectivity index (χ0) is 10.1. The number of benzene rings is 1. The SMILES string of the molecule is CCc1ccc2nc([C@H](C)N)[nH]c2c1. The van der Waals surface area contributed by atoms with Crippen LogP contribution in [0.4, 0.5) is 0 Å². The molecule has 0 aliphatic heterocycles. The summed E-state index contributed by atoms with van der Waals surface area (Å²) in [5.74, 6) is 0.855. The van der Waals surface area contributed by atoms with Gasteiger partial charge in [0.2, 0.25) is 0 Å². The van der Waals surface area contributed by atoms with Gasteiger partial charge in [0.15, 0.2) is 0 Å². The van der Waals surface area contributed by atoms with Crippen molar-refractivity contribution in [3.63, 3.8) is 0 Å². The van der Waals surface area contributed by atoms with E-state index >= 15 is 0 Å². The molecule has 0 unspecified atom stereocenters. The summed E-state index contributed by atoms with van der Waals surface area (Å²) in [5.41, 5.74) is 9.15. The molecule has 74 valence electrons. The number of aromatic amines is 1. The Balaban J connectivity index is 2.54. The number of nitrogens with two attached hydrogens (primary N) is 1. The molecule has 0 radical (unpaired) electrons. The van der Waals surface area contributed by atoms with Crippen molar-refractivity contribution in [1.82, 2.24) is 9.97 Å². The first kappa shape index (κ1) is 9.21. The average Bonchev–Trinajstić information content (AvgIpc) is 2.59. The number of nitrogens with one attached hydrogen (secondary N) is 1. The first-order valence-electron chi connectivity index (χ1n) is 4.95. The fourth-order valence-corrected chi connectivity index (χ4v) is 1.51. The van der Waals surface area contributed by atoms with Crippen molar-refractivity contribution >= 4 is 11.0 Å². The largest absolute Gasteiger partial charge is 0.341 e. The Morgan fingerprint density at radius 1 is 1.50 bits per heavy atom. The molecule has 1 heterocycles. The number of hydrogen-bond donors (Lipinski definition) is 2. The lowest BCUT2D eigenvalue weighted by Crippen LogP contribution is -2.06. The van der Waals surface area contributed by atoms with E-state index in [0.717, 1.165) is 23.3 Å². The quantitative estimate of drug-likeness (QED) is 0.760. The van der Waals surface area contributed by atoms with E-state index in [0.29, 0.717) is 0 Å². The lowest BCUT2D eigenvalue weighted by Gasteiger charge is -1.96. The van der Waals surface area contributed by atoms with Crippen LogP contribution in [-0.4, -0.2) is 9.97 Å². The second-order valence-electron chi connectivity index (χ2n) is 3.62. The molecular formula is C11H15N3. The van der Waals surface area contributed by atoms with Crippen LogP contribution in [0.25, 0.3) is 11.0 Å². The number of aromatic nitrogens is 2. The lowest BCUT2D eigenvalue weighted by atomic mass is 10.1. The van der Waals surface area contributed by atoms with Gasteiger partial charge in [0.25, 0.3) is 0 Å². The summed E-state index contributed by atoms with van der Waals surface area (Å²) in [5, 5.41) is 0. The molecule has 3 heteroatoms. The van der Waals surface area contributed by atoms with E-state index in [4.69, 9.17) is 5.73 Å². The van der Waals surface area contributed by atoms with Crippen LogP contribution in [0.2, 0.25) is 0 Å². The predicted molar refractivity (Wildman–Crippen MR) is 58.1 cm³/mol. The van der Waals surface area contributed by atoms with Gasteiger partial charge in [-0.15, -0.1) is 0 Å². The minimum absolute atomic E-state index is 0.0347. The summed E-state index contributed by atoms with van der Waals surface area (Å²) in [7, 11) is 0. The van der Waals surface area contributed by atoms with E-state index in [9.17, 15) is 0 Å². The van der Waals surface area contributed by atoms with E-state index in [-0.39, 0.29) is 6.04 Å². The van der Waals surface area contributed by atoms with Crippen molar-refractivity contribution in [2.45, 2.75) is 26.3 Å². The van der Waals surface area contributed by atoms with Gasteiger partial charge in [0.05, 0.1) is 17.1 Å². The van der Waals surface area contributed by atoms with Gasteiger partial charge in [-0.3, -0.25) is 0 Å². The third-order valence-electron chi connectivity index (χ3n) is 2.40.